The van der Waals surface area contributed by atoms with Crippen LogP contribution in [0.2, 0.25) is 0 Å². The Balaban J connectivity index is 1.39. The molecule has 29 heavy (non-hydrogen) atoms. The van der Waals surface area contributed by atoms with Crippen molar-refractivity contribution in [3.8, 4) is 0 Å². The fourth-order valence-corrected chi connectivity index (χ4v) is 3.95. The van der Waals surface area contributed by atoms with E-state index in [0.717, 1.165) is 20.6 Å². The first-order valence-electron chi connectivity index (χ1n) is 8.82. The zero-order valence-electron chi connectivity index (χ0n) is 15.8. The highest BCUT2D eigenvalue weighted by molar-refractivity contribution is 8.01. The van der Waals surface area contributed by atoms with Gasteiger partial charge in [-0.3, -0.25) is 4.79 Å². The molecular weight excluding hydrogens is 408 g/mol. The monoisotopic (exact) mass is 428 g/mol. The average molecular weight is 429 g/mol. The van der Waals surface area contributed by atoms with Crippen LogP contribution in [-0.4, -0.2) is 34.9 Å². The van der Waals surface area contributed by atoms with E-state index in [0.29, 0.717) is 18.7 Å². The maximum absolute atomic E-state index is 12.1. The lowest BCUT2D eigenvalue weighted by atomic mass is 10.1. The molecule has 1 aromatic heterocycles. The molecule has 0 saturated heterocycles. The highest BCUT2D eigenvalue weighted by atomic mass is 32.2. The number of methoxy groups -OCH3 is 1. The van der Waals surface area contributed by atoms with Crippen LogP contribution < -0.4 is 10.6 Å². The van der Waals surface area contributed by atoms with Gasteiger partial charge in [-0.2, -0.15) is 0 Å². The SMILES string of the molecule is COC(=O)c1ccc(CNC(=O)CSc2nnc(NCc3ccccc3)s2)cc1. The first-order valence-corrected chi connectivity index (χ1v) is 10.6. The molecule has 0 aliphatic rings. The van der Waals surface area contributed by atoms with Crippen LogP contribution in [0.25, 0.3) is 0 Å². The van der Waals surface area contributed by atoms with Gasteiger partial charge < -0.3 is 15.4 Å². The summed E-state index contributed by atoms with van der Waals surface area (Å²) >= 11 is 2.77. The number of ether oxygens (including phenoxy) is 1. The van der Waals surface area contributed by atoms with Crippen molar-refractivity contribution in [3.05, 3.63) is 71.3 Å². The number of anilines is 1. The minimum absolute atomic E-state index is 0.0963. The van der Waals surface area contributed by atoms with Crippen molar-refractivity contribution in [1.29, 1.82) is 0 Å². The number of thioether (sulfide) groups is 1. The smallest absolute Gasteiger partial charge is 0.337 e. The van der Waals surface area contributed by atoms with Gasteiger partial charge in [-0.05, 0) is 23.3 Å². The number of esters is 1. The molecule has 2 N–H and O–H groups in total. The first kappa shape index (κ1) is 20.8. The van der Waals surface area contributed by atoms with Crippen molar-refractivity contribution < 1.29 is 14.3 Å². The summed E-state index contributed by atoms with van der Waals surface area (Å²) in [5.41, 5.74) is 2.54. The molecule has 0 unspecified atom stereocenters. The van der Waals surface area contributed by atoms with Gasteiger partial charge in [0.25, 0.3) is 0 Å². The molecule has 3 rings (SSSR count). The van der Waals surface area contributed by atoms with E-state index < -0.39 is 0 Å². The summed E-state index contributed by atoms with van der Waals surface area (Å²) in [6, 6.07) is 17.0. The molecule has 0 saturated carbocycles. The van der Waals surface area contributed by atoms with Gasteiger partial charge in [-0.15, -0.1) is 10.2 Å². The van der Waals surface area contributed by atoms with E-state index in [1.54, 1.807) is 24.3 Å². The molecule has 150 valence electrons. The molecular formula is C20H20N4O3S2. The van der Waals surface area contributed by atoms with Gasteiger partial charge in [-0.1, -0.05) is 65.6 Å². The third-order valence-corrected chi connectivity index (χ3v) is 5.90. The fraction of sp³-hybridized carbons (Fsp3) is 0.200. The number of aromatic nitrogens is 2. The maximum Gasteiger partial charge on any atom is 0.337 e. The third-order valence-electron chi connectivity index (χ3n) is 3.88. The predicted octanol–water partition coefficient (Wildman–Crippen LogP) is 3.35. The van der Waals surface area contributed by atoms with Crippen LogP contribution in [0.5, 0.6) is 0 Å². The Labute approximate surface area is 176 Å². The van der Waals surface area contributed by atoms with Crippen LogP contribution in [0, 0.1) is 0 Å². The van der Waals surface area contributed by atoms with E-state index in [2.05, 4.69) is 25.6 Å². The number of carbonyl (C=O) groups is 2. The van der Waals surface area contributed by atoms with E-state index in [1.165, 1.54) is 30.2 Å². The van der Waals surface area contributed by atoms with Crippen molar-refractivity contribution in [2.45, 2.75) is 17.4 Å². The van der Waals surface area contributed by atoms with Crippen LogP contribution in [0.15, 0.2) is 58.9 Å². The predicted molar refractivity (Wildman–Crippen MR) is 114 cm³/mol. The van der Waals surface area contributed by atoms with Crippen LogP contribution >= 0.6 is 23.1 Å². The van der Waals surface area contributed by atoms with Crippen LogP contribution in [0.1, 0.15) is 21.5 Å². The minimum Gasteiger partial charge on any atom is -0.465 e. The second kappa shape index (κ2) is 10.6. The molecule has 1 heterocycles. The van der Waals surface area contributed by atoms with E-state index in [4.69, 9.17) is 0 Å². The van der Waals surface area contributed by atoms with Crippen LogP contribution in [0.3, 0.4) is 0 Å². The number of rotatable bonds is 9. The van der Waals surface area contributed by atoms with Gasteiger partial charge in [0.05, 0.1) is 18.4 Å². The van der Waals surface area contributed by atoms with Crippen molar-refractivity contribution in [2.75, 3.05) is 18.2 Å². The zero-order valence-corrected chi connectivity index (χ0v) is 17.4. The molecule has 0 fully saturated rings. The Hall–Kier alpha value is -2.91. The van der Waals surface area contributed by atoms with E-state index in [-0.39, 0.29) is 17.6 Å². The van der Waals surface area contributed by atoms with Crippen molar-refractivity contribution >= 4 is 40.1 Å². The Morgan fingerprint density at radius 3 is 2.45 bits per heavy atom. The summed E-state index contributed by atoms with van der Waals surface area (Å²) in [4.78, 5) is 23.5. The zero-order chi connectivity index (χ0) is 20.5. The minimum atomic E-state index is -0.383. The van der Waals surface area contributed by atoms with E-state index in [1.807, 2.05) is 30.3 Å². The summed E-state index contributed by atoms with van der Waals surface area (Å²) < 4.78 is 5.40. The summed E-state index contributed by atoms with van der Waals surface area (Å²) in [5.74, 6) is -0.221. The second-order valence-electron chi connectivity index (χ2n) is 5.97. The Morgan fingerprint density at radius 2 is 1.72 bits per heavy atom. The van der Waals surface area contributed by atoms with E-state index in [9.17, 15) is 9.59 Å². The van der Waals surface area contributed by atoms with Crippen molar-refractivity contribution in [2.24, 2.45) is 0 Å². The molecule has 7 nitrogen and oxygen atoms in total. The lowest BCUT2D eigenvalue weighted by Crippen LogP contribution is -2.24. The van der Waals surface area contributed by atoms with E-state index >= 15 is 0 Å². The molecule has 9 heteroatoms. The second-order valence-corrected chi connectivity index (χ2v) is 8.17. The molecule has 1 amide bonds. The molecule has 0 radical (unpaired) electrons. The fourth-order valence-electron chi connectivity index (χ4n) is 2.37. The van der Waals surface area contributed by atoms with Crippen molar-refractivity contribution in [1.82, 2.24) is 15.5 Å². The Bertz CT molecular complexity index is 946. The number of hydrogen-bond acceptors (Lipinski definition) is 8. The first-order chi connectivity index (χ1) is 14.1. The number of benzene rings is 2. The van der Waals surface area contributed by atoms with Crippen LogP contribution in [-0.2, 0) is 22.6 Å². The molecule has 0 bridgehead atoms. The number of nitrogens with one attached hydrogen (secondary N) is 2. The summed E-state index contributed by atoms with van der Waals surface area (Å²) in [5, 5.41) is 15.0. The maximum atomic E-state index is 12.1. The molecule has 0 aliphatic carbocycles. The average Bonchev–Trinajstić information content (AvgIpc) is 3.23. The topological polar surface area (TPSA) is 93.2 Å². The van der Waals surface area contributed by atoms with Gasteiger partial charge in [0.2, 0.25) is 11.0 Å². The number of amides is 1. The highest BCUT2D eigenvalue weighted by Gasteiger charge is 2.09. The largest absolute Gasteiger partial charge is 0.465 e. The third kappa shape index (κ3) is 6.58. The van der Waals surface area contributed by atoms with Gasteiger partial charge in [0.1, 0.15) is 0 Å². The number of carbonyl (C=O) groups excluding carboxylic acids is 2. The molecule has 2 aromatic carbocycles. The van der Waals surface area contributed by atoms with Crippen LogP contribution in [0.4, 0.5) is 5.13 Å². The van der Waals surface area contributed by atoms with Gasteiger partial charge in [0, 0.05) is 13.1 Å². The quantitative estimate of drug-likeness (QED) is 0.399. The standard InChI is InChI=1S/C20H20N4O3S2/c1-27-18(26)16-9-7-15(8-10-16)11-21-17(25)13-28-20-24-23-19(29-20)22-12-14-5-3-2-4-6-14/h2-10H,11-13H2,1H3,(H,21,25)(H,22,23). The highest BCUT2D eigenvalue weighted by Crippen LogP contribution is 2.25. The lowest BCUT2D eigenvalue weighted by Gasteiger charge is -2.05. The number of nitrogens with zero attached hydrogens (tertiary/aromatic N) is 2. The normalized spacial score (nSPS) is 10.4. The Morgan fingerprint density at radius 1 is 1.00 bits per heavy atom. The summed E-state index contributed by atoms with van der Waals surface area (Å²) in [6.45, 7) is 1.07. The Kier molecular flexibility index (Phi) is 7.60. The summed E-state index contributed by atoms with van der Waals surface area (Å²) in [7, 11) is 1.34. The van der Waals surface area contributed by atoms with Gasteiger partial charge >= 0.3 is 5.97 Å². The summed E-state index contributed by atoms with van der Waals surface area (Å²) in [6.07, 6.45) is 0. The molecule has 3 aromatic rings. The lowest BCUT2D eigenvalue weighted by molar-refractivity contribution is -0.118. The molecule has 0 spiro atoms. The molecule has 0 aliphatic heterocycles. The molecule has 0 atom stereocenters. The number of hydrogen-bond donors (Lipinski definition) is 2. The van der Waals surface area contributed by atoms with Crippen molar-refractivity contribution in [3.63, 3.8) is 0 Å². The van der Waals surface area contributed by atoms with Gasteiger partial charge in [0.15, 0.2) is 4.34 Å². The van der Waals surface area contributed by atoms with Gasteiger partial charge in [-0.25, -0.2) is 4.79 Å².